The number of aryl methyl sites for hydroxylation is 1. The van der Waals surface area contributed by atoms with Gasteiger partial charge in [-0.1, -0.05) is 0 Å². The van der Waals surface area contributed by atoms with E-state index in [0.29, 0.717) is 23.4 Å². The van der Waals surface area contributed by atoms with Crippen LogP contribution in [-0.4, -0.2) is 28.9 Å². The van der Waals surface area contributed by atoms with Gasteiger partial charge in [0.05, 0.1) is 25.0 Å². The van der Waals surface area contributed by atoms with Gasteiger partial charge in [-0.3, -0.25) is 9.48 Å². The fourth-order valence-electron chi connectivity index (χ4n) is 3.22. The number of carbonyl (C=O) groups is 1. The summed E-state index contributed by atoms with van der Waals surface area (Å²) in [6, 6.07) is 4.44. The van der Waals surface area contributed by atoms with Crippen LogP contribution >= 0.6 is 0 Å². The van der Waals surface area contributed by atoms with E-state index in [-0.39, 0.29) is 30.5 Å². The lowest BCUT2D eigenvalue weighted by Gasteiger charge is -2.24. The minimum atomic E-state index is -0.385. The van der Waals surface area contributed by atoms with Gasteiger partial charge in [-0.2, -0.15) is 5.10 Å². The first-order valence-electron chi connectivity index (χ1n) is 8.22. The number of methoxy groups -OCH3 is 1. The second-order valence-corrected chi connectivity index (χ2v) is 6.27. The van der Waals surface area contributed by atoms with Crippen molar-refractivity contribution in [2.75, 3.05) is 7.11 Å². The van der Waals surface area contributed by atoms with Crippen molar-refractivity contribution in [2.45, 2.75) is 39.0 Å². The van der Waals surface area contributed by atoms with Crippen LogP contribution < -0.4 is 10.1 Å². The summed E-state index contributed by atoms with van der Waals surface area (Å²) in [7, 11) is 3.25. The summed E-state index contributed by atoms with van der Waals surface area (Å²) in [5.74, 6) is -0.119. The molecule has 1 aliphatic rings. The number of ether oxygens (including phenoxy) is 2. The zero-order valence-corrected chi connectivity index (χ0v) is 14.8. The number of hydrogen-bond donors (Lipinski definition) is 1. The molecule has 6 nitrogen and oxygen atoms in total. The Morgan fingerprint density at radius 2 is 2.24 bits per heavy atom. The molecule has 25 heavy (non-hydrogen) atoms. The summed E-state index contributed by atoms with van der Waals surface area (Å²) in [4.78, 5) is 12.7. The fraction of sp³-hybridized carbons (Fsp3) is 0.444. The molecule has 1 N–H and O–H groups in total. The van der Waals surface area contributed by atoms with Crippen molar-refractivity contribution in [1.82, 2.24) is 15.1 Å². The highest BCUT2D eigenvalue weighted by Crippen LogP contribution is 2.31. The lowest BCUT2D eigenvalue weighted by Crippen LogP contribution is -2.28. The number of benzene rings is 1. The van der Waals surface area contributed by atoms with E-state index in [1.165, 1.54) is 13.2 Å². The summed E-state index contributed by atoms with van der Waals surface area (Å²) < 4.78 is 26.3. The summed E-state index contributed by atoms with van der Waals surface area (Å²) in [6.45, 7) is 3.97. The van der Waals surface area contributed by atoms with Crippen LogP contribution in [0.2, 0.25) is 0 Å². The quantitative estimate of drug-likeness (QED) is 0.923. The lowest BCUT2D eigenvalue weighted by molar-refractivity contribution is -0.00710. The number of aromatic nitrogens is 2. The molecule has 0 aliphatic carbocycles. The van der Waals surface area contributed by atoms with E-state index in [1.807, 2.05) is 13.8 Å². The number of fused-ring (bicyclic) bond motifs is 1. The number of nitrogens with zero attached hydrogens (tertiary/aromatic N) is 2. The molecule has 1 aliphatic heterocycles. The van der Waals surface area contributed by atoms with Crippen molar-refractivity contribution in [3.63, 3.8) is 0 Å². The molecular weight excluding hydrogens is 325 g/mol. The van der Waals surface area contributed by atoms with Crippen LogP contribution in [0.5, 0.6) is 5.75 Å². The number of nitrogens with one attached hydrogen (secondary N) is 1. The van der Waals surface area contributed by atoms with Gasteiger partial charge in [0, 0.05) is 31.1 Å². The Morgan fingerprint density at radius 3 is 2.96 bits per heavy atom. The zero-order chi connectivity index (χ0) is 18.1. The van der Waals surface area contributed by atoms with Gasteiger partial charge in [-0.05, 0) is 32.0 Å². The van der Waals surface area contributed by atoms with Gasteiger partial charge >= 0.3 is 0 Å². The van der Waals surface area contributed by atoms with Gasteiger partial charge in [0.2, 0.25) is 0 Å². The molecule has 7 heteroatoms. The van der Waals surface area contributed by atoms with E-state index in [9.17, 15) is 9.18 Å². The third-order valence-electron chi connectivity index (χ3n) is 4.40. The Hall–Kier alpha value is -2.41. The predicted molar refractivity (Wildman–Crippen MR) is 90.0 cm³/mol. The molecule has 0 spiro atoms. The van der Waals surface area contributed by atoms with E-state index >= 15 is 0 Å². The van der Waals surface area contributed by atoms with Gasteiger partial charge in [0.15, 0.2) is 0 Å². The molecule has 0 radical (unpaired) electrons. The summed E-state index contributed by atoms with van der Waals surface area (Å²) in [5, 5.41) is 7.20. The van der Waals surface area contributed by atoms with Crippen LogP contribution in [0.3, 0.4) is 0 Å². The Labute approximate surface area is 145 Å². The molecule has 134 valence electrons. The van der Waals surface area contributed by atoms with Gasteiger partial charge in [-0.25, -0.2) is 4.39 Å². The molecule has 3 rings (SSSR count). The van der Waals surface area contributed by atoms with Gasteiger partial charge in [0.25, 0.3) is 5.91 Å². The van der Waals surface area contributed by atoms with E-state index in [4.69, 9.17) is 9.47 Å². The average Bonchev–Trinajstić information content (AvgIpc) is 2.90. The Bertz CT molecular complexity index is 803. The number of halogens is 1. The molecule has 1 amide bonds. The maximum absolute atomic E-state index is 13.9. The minimum absolute atomic E-state index is 0.0223. The second-order valence-electron chi connectivity index (χ2n) is 6.27. The topological polar surface area (TPSA) is 65.4 Å². The second kappa shape index (κ2) is 6.84. The van der Waals surface area contributed by atoms with Crippen LogP contribution in [0, 0.1) is 5.82 Å². The molecule has 0 unspecified atom stereocenters. The van der Waals surface area contributed by atoms with Crippen molar-refractivity contribution >= 4 is 5.91 Å². The third kappa shape index (κ3) is 3.37. The number of carbonyl (C=O) groups excluding carboxylic acids is 1. The maximum Gasteiger partial charge on any atom is 0.270 e. The Balaban J connectivity index is 1.81. The van der Waals surface area contributed by atoms with Crippen molar-refractivity contribution in [3.05, 3.63) is 46.5 Å². The Kier molecular flexibility index (Phi) is 4.76. The molecule has 0 bridgehead atoms. The first kappa shape index (κ1) is 17.4. The van der Waals surface area contributed by atoms with E-state index < -0.39 is 0 Å². The number of amides is 1. The molecule has 0 fully saturated rings. The standard InChI is InChI=1S/C18H22FN3O3/c1-10-7-14-16(11(2)25-10)21-22(3)17(14)18(23)20-9-12-8-13(24-4)5-6-15(12)19/h5-6,8,10-11H,7,9H2,1-4H3,(H,20,23)/t10-,11+/m1/s1. The van der Waals surface area contributed by atoms with Crippen LogP contribution in [0.15, 0.2) is 18.2 Å². The largest absolute Gasteiger partial charge is 0.497 e. The summed E-state index contributed by atoms with van der Waals surface area (Å²) in [5.41, 5.74) is 2.56. The normalized spacial score (nSPS) is 19.4. The lowest BCUT2D eigenvalue weighted by atomic mass is 9.99. The maximum atomic E-state index is 13.9. The first-order chi connectivity index (χ1) is 11.9. The molecule has 2 aromatic rings. The third-order valence-corrected chi connectivity index (χ3v) is 4.40. The van der Waals surface area contributed by atoms with Crippen molar-refractivity contribution in [1.29, 1.82) is 0 Å². The van der Waals surface area contributed by atoms with Crippen LogP contribution in [0.25, 0.3) is 0 Å². The van der Waals surface area contributed by atoms with E-state index in [0.717, 1.165) is 11.3 Å². The van der Waals surface area contributed by atoms with E-state index in [1.54, 1.807) is 23.9 Å². The van der Waals surface area contributed by atoms with Crippen LogP contribution in [0.4, 0.5) is 4.39 Å². The van der Waals surface area contributed by atoms with Gasteiger partial charge < -0.3 is 14.8 Å². The Morgan fingerprint density at radius 1 is 1.48 bits per heavy atom. The highest BCUT2D eigenvalue weighted by atomic mass is 19.1. The van der Waals surface area contributed by atoms with Crippen LogP contribution in [-0.2, 0) is 24.8 Å². The highest BCUT2D eigenvalue weighted by molar-refractivity contribution is 5.94. The van der Waals surface area contributed by atoms with E-state index in [2.05, 4.69) is 10.4 Å². The molecule has 1 aromatic heterocycles. The molecule has 1 aromatic carbocycles. The predicted octanol–water partition coefficient (Wildman–Crippen LogP) is 2.52. The van der Waals surface area contributed by atoms with Crippen molar-refractivity contribution < 1.29 is 18.7 Å². The smallest absolute Gasteiger partial charge is 0.270 e. The van der Waals surface area contributed by atoms with Crippen LogP contribution in [0.1, 0.15) is 47.3 Å². The fourth-order valence-corrected chi connectivity index (χ4v) is 3.22. The average molecular weight is 347 g/mol. The van der Waals surface area contributed by atoms with Crippen molar-refractivity contribution in [2.24, 2.45) is 7.05 Å². The summed E-state index contributed by atoms with van der Waals surface area (Å²) in [6.07, 6.45) is 0.500. The zero-order valence-electron chi connectivity index (χ0n) is 14.8. The number of rotatable bonds is 4. The summed E-state index contributed by atoms with van der Waals surface area (Å²) >= 11 is 0. The minimum Gasteiger partial charge on any atom is -0.497 e. The van der Waals surface area contributed by atoms with Gasteiger partial charge in [0.1, 0.15) is 17.3 Å². The van der Waals surface area contributed by atoms with Crippen molar-refractivity contribution in [3.8, 4) is 5.75 Å². The van der Waals surface area contributed by atoms with Gasteiger partial charge in [-0.15, -0.1) is 0 Å². The molecule has 0 saturated heterocycles. The molecule has 2 heterocycles. The number of hydrogen-bond acceptors (Lipinski definition) is 4. The molecule has 2 atom stereocenters. The highest BCUT2D eigenvalue weighted by Gasteiger charge is 2.31. The molecular formula is C18H22FN3O3. The monoisotopic (exact) mass is 347 g/mol. The molecule has 0 saturated carbocycles. The SMILES string of the molecule is COc1ccc(F)c(CNC(=O)c2c3c(nn2C)[C@H](C)O[C@H](C)C3)c1. The first-order valence-corrected chi connectivity index (χ1v) is 8.22.